The molecule has 0 aromatic heterocycles. The quantitative estimate of drug-likeness (QED) is 0.690. The van der Waals surface area contributed by atoms with Crippen LogP contribution >= 0.6 is 0 Å². The molecule has 3 N–H and O–H groups in total. The van der Waals surface area contributed by atoms with Crippen molar-refractivity contribution in [1.82, 2.24) is 0 Å². The minimum absolute atomic E-state index is 0.791. The fraction of sp³-hybridized carbons (Fsp3) is 0.400. The third-order valence-electron chi connectivity index (χ3n) is 4.40. The van der Waals surface area contributed by atoms with E-state index < -0.39 is 0 Å². The summed E-state index contributed by atoms with van der Waals surface area (Å²) < 4.78 is 0. The summed E-state index contributed by atoms with van der Waals surface area (Å²) in [6.45, 7) is 12.6. The first kappa shape index (κ1) is 18.0. The molecule has 2 rings (SSSR count). The van der Waals surface area contributed by atoms with Gasteiger partial charge in [0.15, 0.2) is 0 Å². The highest BCUT2D eigenvalue weighted by molar-refractivity contribution is 5.83. The first-order valence-electron chi connectivity index (χ1n) is 8.89. The second-order valence-electron chi connectivity index (χ2n) is 5.76. The third-order valence-corrected chi connectivity index (χ3v) is 4.40. The molecule has 0 heterocycles. The summed E-state index contributed by atoms with van der Waals surface area (Å²) in [5.41, 5.74) is 11.4. The zero-order valence-electron chi connectivity index (χ0n) is 15.3. The van der Waals surface area contributed by atoms with Crippen molar-refractivity contribution >= 4 is 28.4 Å². The summed E-state index contributed by atoms with van der Waals surface area (Å²) in [6.07, 6.45) is 0. The summed E-state index contributed by atoms with van der Waals surface area (Å²) in [5, 5.41) is 3.63. The summed E-state index contributed by atoms with van der Waals surface area (Å²) in [5.74, 6) is 0. The summed E-state index contributed by atoms with van der Waals surface area (Å²) in [7, 11) is 0. The van der Waals surface area contributed by atoms with Crippen LogP contribution in [0.2, 0.25) is 0 Å². The highest BCUT2D eigenvalue weighted by atomic mass is 15.2. The van der Waals surface area contributed by atoms with Crippen LogP contribution in [0.5, 0.6) is 0 Å². The van der Waals surface area contributed by atoms with Gasteiger partial charge in [0.1, 0.15) is 0 Å². The number of anilines is 5. The van der Waals surface area contributed by atoms with Crippen LogP contribution in [0.25, 0.3) is 0 Å². The van der Waals surface area contributed by atoms with Crippen LogP contribution < -0.4 is 20.9 Å². The van der Waals surface area contributed by atoms with Gasteiger partial charge in [-0.2, -0.15) is 0 Å². The van der Waals surface area contributed by atoms with Crippen molar-refractivity contribution in [2.24, 2.45) is 0 Å². The van der Waals surface area contributed by atoms with Crippen LogP contribution in [0.1, 0.15) is 27.7 Å². The van der Waals surface area contributed by atoms with Gasteiger partial charge in [-0.15, -0.1) is 0 Å². The molecule has 0 aliphatic carbocycles. The number of nitrogen functional groups attached to an aromatic ring is 1. The SMILES string of the molecule is CCN(CC)c1ccccc1Nc1ccc(N)cc1N(CC)CC. The fourth-order valence-electron chi connectivity index (χ4n) is 3.04. The van der Waals surface area contributed by atoms with Crippen molar-refractivity contribution in [3.8, 4) is 0 Å². The van der Waals surface area contributed by atoms with Gasteiger partial charge < -0.3 is 20.9 Å². The highest BCUT2D eigenvalue weighted by Gasteiger charge is 2.12. The van der Waals surface area contributed by atoms with Gasteiger partial charge in [-0.25, -0.2) is 0 Å². The molecule has 0 aliphatic rings. The van der Waals surface area contributed by atoms with Gasteiger partial charge in [-0.05, 0) is 58.0 Å². The molecule has 0 amide bonds. The molecule has 0 spiro atoms. The lowest BCUT2D eigenvalue weighted by molar-refractivity contribution is 0.865. The molecular weight excluding hydrogens is 296 g/mol. The van der Waals surface area contributed by atoms with Crippen LogP contribution in [0.3, 0.4) is 0 Å². The van der Waals surface area contributed by atoms with E-state index in [2.05, 4.69) is 79.2 Å². The van der Waals surface area contributed by atoms with Gasteiger partial charge in [0, 0.05) is 31.9 Å². The number of para-hydroxylation sites is 2. The van der Waals surface area contributed by atoms with E-state index in [0.717, 1.165) is 48.9 Å². The zero-order valence-corrected chi connectivity index (χ0v) is 15.3. The molecule has 2 aromatic carbocycles. The van der Waals surface area contributed by atoms with Gasteiger partial charge in [0.2, 0.25) is 0 Å². The summed E-state index contributed by atoms with van der Waals surface area (Å²) in [6, 6.07) is 14.5. The fourth-order valence-corrected chi connectivity index (χ4v) is 3.04. The molecule has 0 saturated carbocycles. The van der Waals surface area contributed by atoms with Crippen molar-refractivity contribution in [1.29, 1.82) is 0 Å². The Hall–Kier alpha value is -2.36. The molecule has 4 heteroatoms. The van der Waals surface area contributed by atoms with Crippen LogP contribution in [-0.2, 0) is 0 Å². The topological polar surface area (TPSA) is 44.5 Å². The lowest BCUT2D eigenvalue weighted by atomic mass is 10.2. The van der Waals surface area contributed by atoms with E-state index in [1.165, 1.54) is 5.69 Å². The van der Waals surface area contributed by atoms with E-state index >= 15 is 0 Å². The molecule has 0 radical (unpaired) electrons. The van der Waals surface area contributed by atoms with Gasteiger partial charge >= 0.3 is 0 Å². The maximum Gasteiger partial charge on any atom is 0.0625 e. The van der Waals surface area contributed by atoms with Crippen molar-refractivity contribution in [3.63, 3.8) is 0 Å². The molecule has 130 valence electrons. The summed E-state index contributed by atoms with van der Waals surface area (Å²) >= 11 is 0. The Balaban J connectivity index is 2.42. The van der Waals surface area contributed by atoms with E-state index in [9.17, 15) is 0 Å². The van der Waals surface area contributed by atoms with Crippen LogP contribution in [-0.4, -0.2) is 26.2 Å². The summed E-state index contributed by atoms with van der Waals surface area (Å²) in [4.78, 5) is 4.68. The van der Waals surface area contributed by atoms with Crippen LogP contribution in [0, 0.1) is 0 Å². The second kappa shape index (κ2) is 8.48. The average molecular weight is 326 g/mol. The highest BCUT2D eigenvalue weighted by Crippen LogP contribution is 2.34. The number of hydrogen-bond acceptors (Lipinski definition) is 4. The Kier molecular flexibility index (Phi) is 6.36. The Labute approximate surface area is 146 Å². The van der Waals surface area contributed by atoms with E-state index in [0.29, 0.717) is 0 Å². The van der Waals surface area contributed by atoms with Crippen molar-refractivity contribution in [3.05, 3.63) is 42.5 Å². The Morgan fingerprint density at radius 2 is 1.29 bits per heavy atom. The standard InChI is InChI=1S/C20H30N4/c1-5-23(6-2)19-12-10-9-11-17(19)22-18-14-13-16(21)15-20(18)24(7-3)8-4/h9-15,22H,5-8,21H2,1-4H3. The molecule has 0 saturated heterocycles. The number of hydrogen-bond donors (Lipinski definition) is 2. The largest absolute Gasteiger partial charge is 0.399 e. The smallest absolute Gasteiger partial charge is 0.0625 e. The molecule has 0 fully saturated rings. The van der Waals surface area contributed by atoms with Gasteiger partial charge in [0.25, 0.3) is 0 Å². The third kappa shape index (κ3) is 3.94. The monoisotopic (exact) mass is 326 g/mol. The number of nitrogens with two attached hydrogens (primary N) is 1. The van der Waals surface area contributed by atoms with E-state index in [1.54, 1.807) is 0 Å². The lowest BCUT2D eigenvalue weighted by Gasteiger charge is -2.27. The number of benzene rings is 2. The number of rotatable bonds is 8. The number of nitrogens with one attached hydrogen (secondary N) is 1. The number of nitrogens with zero attached hydrogens (tertiary/aromatic N) is 2. The minimum Gasteiger partial charge on any atom is -0.399 e. The first-order chi connectivity index (χ1) is 11.6. The normalized spacial score (nSPS) is 10.5. The molecule has 24 heavy (non-hydrogen) atoms. The van der Waals surface area contributed by atoms with Gasteiger partial charge in [0.05, 0.1) is 22.7 Å². The molecule has 0 atom stereocenters. The van der Waals surface area contributed by atoms with E-state index in [4.69, 9.17) is 5.73 Å². The van der Waals surface area contributed by atoms with Crippen molar-refractivity contribution in [2.45, 2.75) is 27.7 Å². The average Bonchev–Trinajstić information content (AvgIpc) is 2.60. The molecule has 0 bridgehead atoms. The Bertz CT molecular complexity index is 646. The molecule has 0 unspecified atom stereocenters. The zero-order chi connectivity index (χ0) is 17.5. The van der Waals surface area contributed by atoms with Crippen LogP contribution in [0.15, 0.2) is 42.5 Å². The Morgan fingerprint density at radius 3 is 1.92 bits per heavy atom. The van der Waals surface area contributed by atoms with E-state index in [1.807, 2.05) is 6.07 Å². The first-order valence-corrected chi connectivity index (χ1v) is 8.89. The second-order valence-corrected chi connectivity index (χ2v) is 5.76. The van der Waals surface area contributed by atoms with Gasteiger partial charge in [-0.1, -0.05) is 12.1 Å². The predicted octanol–water partition coefficient (Wildman–Crippen LogP) is 4.70. The van der Waals surface area contributed by atoms with E-state index in [-0.39, 0.29) is 0 Å². The maximum atomic E-state index is 6.03. The van der Waals surface area contributed by atoms with Crippen LogP contribution in [0.4, 0.5) is 28.4 Å². The molecule has 4 nitrogen and oxygen atoms in total. The Morgan fingerprint density at radius 1 is 0.750 bits per heavy atom. The van der Waals surface area contributed by atoms with Crippen molar-refractivity contribution < 1.29 is 0 Å². The molecule has 2 aromatic rings. The lowest BCUT2D eigenvalue weighted by Crippen LogP contribution is -2.24. The van der Waals surface area contributed by atoms with Crippen molar-refractivity contribution in [2.75, 3.05) is 47.0 Å². The maximum absolute atomic E-state index is 6.03. The minimum atomic E-state index is 0.791. The molecule has 0 aliphatic heterocycles. The predicted molar refractivity (Wildman–Crippen MR) is 108 cm³/mol. The van der Waals surface area contributed by atoms with Gasteiger partial charge in [-0.3, -0.25) is 0 Å². The molecular formula is C20H30N4.